The highest BCUT2D eigenvalue weighted by Crippen LogP contribution is 2.32. The van der Waals surface area contributed by atoms with Crippen LogP contribution in [0.2, 0.25) is 10.0 Å². The van der Waals surface area contributed by atoms with Crippen molar-refractivity contribution in [1.29, 1.82) is 0 Å². The zero-order valence-corrected chi connectivity index (χ0v) is 15.5. The van der Waals surface area contributed by atoms with Crippen molar-refractivity contribution in [3.63, 3.8) is 0 Å². The minimum absolute atomic E-state index is 0.0655. The van der Waals surface area contributed by atoms with Crippen molar-refractivity contribution < 1.29 is 4.39 Å². The number of hydrogen-bond acceptors (Lipinski definition) is 3. The highest BCUT2D eigenvalue weighted by Gasteiger charge is 2.08. The molecule has 134 valence electrons. The molecule has 0 fully saturated rings. The average molecular weight is 398 g/mol. The lowest BCUT2D eigenvalue weighted by Crippen LogP contribution is -1.94. The van der Waals surface area contributed by atoms with Gasteiger partial charge in [0.25, 0.3) is 0 Å². The maximum atomic E-state index is 13.4. The summed E-state index contributed by atoms with van der Waals surface area (Å²) in [5, 5.41) is 4.79. The van der Waals surface area contributed by atoms with Crippen molar-refractivity contribution in [3.05, 3.63) is 82.7 Å². The quantitative estimate of drug-likeness (QED) is 0.379. The lowest BCUT2D eigenvalue weighted by molar-refractivity contribution is 0.628. The van der Waals surface area contributed by atoms with Crippen LogP contribution in [0.4, 0.5) is 21.5 Å². The van der Waals surface area contributed by atoms with E-state index in [1.807, 2.05) is 36.4 Å². The summed E-state index contributed by atoms with van der Waals surface area (Å²) in [6.07, 6.45) is 1.72. The second-order valence-electron chi connectivity index (χ2n) is 6.08. The van der Waals surface area contributed by atoms with Gasteiger partial charge in [0, 0.05) is 23.0 Å². The van der Waals surface area contributed by atoms with Gasteiger partial charge in [-0.05, 0) is 59.7 Å². The number of benzene rings is 3. The molecule has 0 bridgehead atoms. The summed E-state index contributed by atoms with van der Waals surface area (Å²) in [6.45, 7) is 0. The van der Waals surface area contributed by atoms with Crippen molar-refractivity contribution in [2.24, 2.45) is 0 Å². The Morgan fingerprint density at radius 2 is 1.63 bits per heavy atom. The first kappa shape index (κ1) is 17.6. The number of aromatic nitrogens is 1. The van der Waals surface area contributed by atoms with E-state index < -0.39 is 5.82 Å². The van der Waals surface area contributed by atoms with Gasteiger partial charge in [-0.1, -0.05) is 35.3 Å². The van der Waals surface area contributed by atoms with Crippen molar-refractivity contribution >= 4 is 51.2 Å². The number of nitrogens with one attached hydrogen (secondary N) is 1. The molecule has 6 heteroatoms. The summed E-state index contributed by atoms with van der Waals surface area (Å²) in [6, 6.07) is 17.9. The third-order valence-corrected chi connectivity index (χ3v) is 4.90. The topological polar surface area (TPSA) is 50.9 Å². The fraction of sp³-hybridized carbons (Fsp3) is 0. The molecule has 0 unspecified atom stereocenters. The molecule has 3 nitrogen and oxygen atoms in total. The van der Waals surface area contributed by atoms with Crippen LogP contribution in [0.1, 0.15) is 0 Å². The number of nitrogens with two attached hydrogens (primary N) is 1. The number of pyridine rings is 1. The number of anilines is 3. The third kappa shape index (κ3) is 3.54. The van der Waals surface area contributed by atoms with E-state index in [-0.39, 0.29) is 5.02 Å². The smallest absolute Gasteiger partial charge is 0.141 e. The summed E-state index contributed by atoms with van der Waals surface area (Å²) < 4.78 is 13.4. The molecular formula is C21H14Cl2FN3. The first-order valence-electron chi connectivity index (χ1n) is 8.17. The molecule has 1 aromatic heterocycles. The Labute approximate surface area is 165 Å². The predicted octanol–water partition coefficient (Wildman–Crippen LogP) is 6.67. The van der Waals surface area contributed by atoms with Crippen molar-refractivity contribution in [2.45, 2.75) is 0 Å². The van der Waals surface area contributed by atoms with Crippen LogP contribution in [0.5, 0.6) is 0 Å². The minimum atomic E-state index is -0.454. The molecule has 0 spiro atoms. The molecule has 0 saturated carbocycles. The van der Waals surface area contributed by atoms with Crippen LogP contribution in [-0.2, 0) is 0 Å². The van der Waals surface area contributed by atoms with Crippen molar-refractivity contribution in [2.75, 3.05) is 11.1 Å². The van der Waals surface area contributed by atoms with Gasteiger partial charge in [-0.15, -0.1) is 0 Å². The van der Waals surface area contributed by atoms with Gasteiger partial charge in [-0.25, -0.2) is 4.39 Å². The second-order valence-corrected chi connectivity index (χ2v) is 6.90. The number of rotatable bonds is 3. The summed E-state index contributed by atoms with van der Waals surface area (Å²) in [5.74, 6) is -0.454. The van der Waals surface area contributed by atoms with E-state index >= 15 is 0 Å². The molecule has 4 rings (SSSR count). The first-order valence-corrected chi connectivity index (χ1v) is 8.93. The van der Waals surface area contributed by atoms with Gasteiger partial charge in [0.05, 0.1) is 21.2 Å². The number of nitrogen functional groups attached to an aromatic ring is 1. The summed E-state index contributed by atoms with van der Waals surface area (Å²) in [4.78, 5) is 4.41. The van der Waals surface area contributed by atoms with Crippen molar-refractivity contribution in [3.8, 4) is 11.1 Å². The van der Waals surface area contributed by atoms with Gasteiger partial charge in [0.15, 0.2) is 0 Å². The van der Waals surface area contributed by atoms with E-state index in [0.717, 1.165) is 27.7 Å². The zero-order valence-electron chi connectivity index (χ0n) is 14.0. The Kier molecular flexibility index (Phi) is 4.60. The van der Waals surface area contributed by atoms with Gasteiger partial charge in [0.2, 0.25) is 0 Å². The van der Waals surface area contributed by atoms with E-state index in [0.29, 0.717) is 16.4 Å². The van der Waals surface area contributed by atoms with Gasteiger partial charge in [0.1, 0.15) is 5.82 Å². The Balaban J connectivity index is 1.79. The van der Waals surface area contributed by atoms with E-state index in [1.54, 1.807) is 24.4 Å². The Hall–Kier alpha value is -2.82. The molecular weight excluding hydrogens is 384 g/mol. The molecule has 0 aliphatic carbocycles. The molecule has 3 aromatic carbocycles. The van der Waals surface area contributed by atoms with Crippen LogP contribution in [0.3, 0.4) is 0 Å². The molecule has 0 saturated heterocycles. The maximum Gasteiger partial charge on any atom is 0.141 e. The van der Waals surface area contributed by atoms with Crippen LogP contribution in [0.25, 0.3) is 22.0 Å². The van der Waals surface area contributed by atoms with Crippen LogP contribution >= 0.6 is 23.2 Å². The Morgan fingerprint density at radius 3 is 2.41 bits per heavy atom. The minimum Gasteiger partial charge on any atom is -0.398 e. The van der Waals surface area contributed by atoms with Crippen LogP contribution in [0.15, 0.2) is 66.9 Å². The molecule has 4 aromatic rings. The first-order chi connectivity index (χ1) is 13.0. The number of halogens is 3. The van der Waals surface area contributed by atoms with Gasteiger partial charge in [-0.3, -0.25) is 4.98 Å². The Morgan fingerprint density at radius 1 is 0.852 bits per heavy atom. The number of nitrogens with zero attached hydrogens (tertiary/aromatic N) is 1. The number of fused-ring (bicyclic) bond motifs is 1. The predicted molar refractivity (Wildman–Crippen MR) is 111 cm³/mol. The molecule has 3 N–H and O–H groups in total. The van der Waals surface area contributed by atoms with E-state index in [9.17, 15) is 4.39 Å². The Bertz CT molecular complexity index is 1160. The lowest BCUT2D eigenvalue weighted by Gasteiger charge is -2.12. The summed E-state index contributed by atoms with van der Waals surface area (Å²) >= 11 is 11.9. The zero-order chi connectivity index (χ0) is 19.0. The molecule has 0 aliphatic rings. The fourth-order valence-corrected chi connectivity index (χ4v) is 3.19. The molecule has 0 amide bonds. The SMILES string of the molecule is Nc1cc(-c2ccc3nccc(Nc4ccc(F)c(Cl)c4)c3c2)ccc1Cl. The normalized spacial score (nSPS) is 10.9. The van der Waals surface area contributed by atoms with Gasteiger partial charge in [-0.2, -0.15) is 0 Å². The van der Waals surface area contributed by atoms with Crippen LogP contribution < -0.4 is 11.1 Å². The highest BCUT2D eigenvalue weighted by atomic mass is 35.5. The van der Waals surface area contributed by atoms with E-state index in [2.05, 4.69) is 10.3 Å². The van der Waals surface area contributed by atoms with Crippen LogP contribution in [-0.4, -0.2) is 4.98 Å². The monoisotopic (exact) mass is 397 g/mol. The number of hydrogen-bond donors (Lipinski definition) is 2. The molecule has 1 heterocycles. The summed E-state index contributed by atoms with van der Waals surface area (Å²) in [7, 11) is 0. The second kappa shape index (κ2) is 7.06. The highest BCUT2D eigenvalue weighted by molar-refractivity contribution is 6.33. The molecule has 0 radical (unpaired) electrons. The average Bonchev–Trinajstić information content (AvgIpc) is 2.67. The molecule has 0 aliphatic heterocycles. The standard InChI is InChI=1S/C21H14Cl2FN3/c22-16-4-1-13(10-19(16)25)12-2-6-20-15(9-12)21(7-8-26-20)27-14-3-5-18(24)17(23)11-14/h1-11H,25H2,(H,26,27). The molecule has 0 atom stereocenters. The van der Waals surface area contributed by atoms with E-state index in [1.165, 1.54) is 6.07 Å². The summed E-state index contributed by atoms with van der Waals surface area (Å²) in [5.41, 5.74) is 10.8. The van der Waals surface area contributed by atoms with Crippen LogP contribution in [0, 0.1) is 5.82 Å². The lowest BCUT2D eigenvalue weighted by atomic mass is 10.0. The van der Waals surface area contributed by atoms with E-state index in [4.69, 9.17) is 28.9 Å². The van der Waals surface area contributed by atoms with Gasteiger partial charge < -0.3 is 11.1 Å². The largest absolute Gasteiger partial charge is 0.398 e. The third-order valence-electron chi connectivity index (χ3n) is 4.27. The van der Waals surface area contributed by atoms with Gasteiger partial charge >= 0.3 is 0 Å². The maximum absolute atomic E-state index is 13.4. The van der Waals surface area contributed by atoms with Crippen molar-refractivity contribution in [1.82, 2.24) is 4.98 Å². The molecule has 27 heavy (non-hydrogen) atoms. The fourth-order valence-electron chi connectivity index (χ4n) is 2.89.